The van der Waals surface area contributed by atoms with Gasteiger partial charge >= 0.3 is 6.03 Å². The summed E-state index contributed by atoms with van der Waals surface area (Å²) < 4.78 is 5.29. The van der Waals surface area contributed by atoms with Gasteiger partial charge in [0.05, 0.1) is 6.20 Å². The fourth-order valence-corrected chi connectivity index (χ4v) is 3.18. The highest BCUT2D eigenvalue weighted by atomic mass is 16.3. The summed E-state index contributed by atoms with van der Waals surface area (Å²) >= 11 is 0. The molecule has 3 aromatic rings. The highest BCUT2D eigenvalue weighted by molar-refractivity contribution is 6.00. The largest absolute Gasteiger partial charge is 0.444 e. The molecular formula is C20H20N4O2. The van der Waals surface area contributed by atoms with E-state index in [-0.39, 0.29) is 6.03 Å². The first-order valence-electron chi connectivity index (χ1n) is 8.55. The summed E-state index contributed by atoms with van der Waals surface area (Å²) in [5, 5.41) is 5.76. The van der Waals surface area contributed by atoms with Crippen molar-refractivity contribution >= 4 is 17.4 Å². The van der Waals surface area contributed by atoms with Gasteiger partial charge in [-0.3, -0.25) is 0 Å². The van der Waals surface area contributed by atoms with Crippen molar-refractivity contribution in [3.8, 4) is 11.3 Å². The standard InChI is InChI=1S/C20H20N4O2/c1-24-8-7-14-5-6-18(10-16(14)12-24)23-20(25)22-17-4-2-3-15(9-17)19-11-21-13-26-19/h2-6,9-11,13H,7-8,12H2,1H3,(H2,22,23,25). The van der Waals surface area contributed by atoms with Gasteiger partial charge < -0.3 is 20.0 Å². The van der Waals surface area contributed by atoms with Crippen LogP contribution in [0.25, 0.3) is 11.3 Å². The Bertz CT molecular complexity index is 921. The van der Waals surface area contributed by atoms with Crippen LogP contribution in [0.1, 0.15) is 11.1 Å². The molecule has 0 saturated heterocycles. The number of hydrogen-bond donors (Lipinski definition) is 2. The van der Waals surface area contributed by atoms with Gasteiger partial charge in [0, 0.05) is 30.0 Å². The third-order valence-corrected chi connectivity index (χ3v) is 4.50. The normalized spacial score (nSPS) is 13.9. The van der Waals surface area contributed by atoms with Crippen molar-refractivity contribution in [3.63, 3.8) is 0 Å². The minimum absolute atomic E-state index is 0.274. The summed E-state index contributed by atoms with van der Waals surface area (Å²) in [4.78, 5) is 18.5. The molecule has 26 heavy (non-hydrogen) atoms. The number of rotatable bonds is 3. The van der Waals surface area contributed by atoms with E-state index in [1.54, 1.807) is 6.20 Å². The topological polar surface area (TPSA) is 70.4 Å². The van der Waals surface area contributed by atoms with Crippen LogP contribution in [0, 0.1) is 0 Å². The second-order valence-electron chi connectivity index (χ2n) is 6.50. The molecule has 6 nitrogen and oxygen atoms in total. The molecule has 1 aliphatic rings. The Kier molecular flexibility index (Phi) is 4.41. The minimum atomic E-state index is -0.274. The number of nitrogens with one attached hydrogen (secondary N) is 2. The van der Waals surface area contributed by atoms with Gasteiger partial charge in [-0.1, -0.05) is 18.2 Å². The van der Waals surface area contributed by atoms with Crippen LogP contribution in [-0.4, -0.2) is 29.5 Å². The summed E-state index contributed by atoms with van der Waals surface area (Å²) in [5.41, 5.74) is 4.96. The lowest BCUT2D eigenvalue weighted by Gasteiger charge is -2.25. The number of oxazole rings is 1. The predicted molar refractivity (Wildman–Crippen MR) is 101 cm³/mol. The van der Waals surface area contributed by atoms with Crippen LogP contribution in [0.15, 0.2) is 59.5 Å². The van der Waals surface area contributed by atoms with E-state index in [2.05, 4.69) is 39.7 Å². The Morgan fingerprint density at radius 3 is 2.77 bits per heavy atom. The zero-order valence-electron chi connectivity index (χ0n) is 14.5. The lowest BCUT2D eigenvalue weighted by atomic mass is 9.99. The molecule has 6 heteroatoms. The number of fused-ring (bicyclic) bond motifs is 1. The first kappa shape index (κ1) is 16.4. The number of carbonyl (C=O) groups is 1. The van der Waals surface area contributed by atoms with E-state index in [1.165, 1.54) is 17.5 Å². The van der Waals surface area contributed by atoms with E-state index in [9.17, 15) is 4.79 Å². The van der Waals surface area contributed by atoms with Gasteiger partial charge in [0.2, 0.25) is 0 Å². The van der Waals surface area contributed by atoms with Crippen LogP contribution in [0.4, 0.5) is 16.2 Å². The minimum Gasteiger partial charge on any atom is -0.444 e. The van der Waals surface area contributed by atoms with E-state index in [0.717, 1.165) is 30.8 Å². The molecule has 2 amide bonds. The molecule has 4 rings (SSSR count). The molecule has 1 aromatic heterocycles. The summed E-state index contributed by atoms with van der Waals surface area (Å²) in [7, 11) is 2.11. The molecule has 0 bridgehead atoms. The Labute approximate surface area is 151 Å². The molecule has 2 heterocycles. The van der Waals surface area contributed by atoms with Crippen LogP contribution in [0.2, 0.25) is 0 Å². The number of benzene rings is 2. The van der Waals surface area contributed by atoms with E-state index in [1.807, 2.05) is 30.3 Å². The highest BCUT2D eigenvalue weighted by Crippen LogP contribution is 2.24. The fraction of sp³-hybridized carbons (Fsp3) is 0.200. The second kappa shape index (κ2) is 7.01. The van der Waals surface area contributed by atoms with Crippen molar-refractivity contribution in [1.82, 2.24) is 9.88 Å². The number of nitrogens with zero attached hydrogens (tertiary/aromatic N) is 2. The molecule has 0 radical (unpaired) electrons. The van der Waals surface area contributed by atoms with Gasteiger partial charge in [-0.2, -0.15) is 0 Å². The molecule has 0 aliphatic carbocycles. The number of urea groups is 1. The van der Waals surface area contributed by atoms with Crippen LogP contribution in [0.5, 0.6) is 0 Å². The van der Waals surface area contributed by atoms with Crippen LogP contribution in [0.3, 0.4) is 0 Å². The quantitative estimate of drug-likeness (QED) is 0.751. The van der Waals surface area contributed by atoms with Crippen molar-refractivity contribution in [3.05, 3.63) is 66.2 Å². The van der Waals surface area contributed by atoms with Gasteiger partial charge in [-0.25, -0.2) is 9.78 Å². The zero-order valence-corrected chi connectivity index (χ0v) is 14.5. The van der Waals surface area contributed by atoms with Crippen molar-refractivity contribution in [2.45, 2.75) is 13.0 Å². The molecule has 2 N–H and O–H groups in total. The molecule has 0 saturated carbocycles. The lowest BCUT2D eigenvalue weighted by Crippen LogP contribution is -2.26. The zero-order chi connectivity index (χ0) is 17.9. The molecule has 2 aromatic carbocycles. The maximum absolute atomic E-state index is 12.3. The SMILES string of the molecule is CN1CCc2ccc(NC(=O)Nc3cccc(-c4cnco4)c3)cc2C1. The Hall–Kier alpha value is -3.12. The van der Waals surface area contributed by atoms with Crippen molar-refractivity contribution in [2.24, 2.45) is 0 Å². The van der Waals surface area contributed by atoms with Crippen molar-refractivity contribution < 1.29 is 9.21 Å². The Balaban J connectivity index is 1.45. The van der Waals surface area contributed by atoms with Gasteiger partial charge in [0.1, 0.15) is 0 Å². The third kappa shape index (κ3) is 3.60. The maximum Gasteiger partial charge on any atom is 0.323 e. The molecule has 0 fully saturated rings. The molecular weight excluding hydrogens is 328 g/mol. The van der Waals surface area contributed by atoms with Crippen LogP contribution >= 0.6 is 0 Å². The van der Waals surface area contributed by atoms with Gasteiger partial charge in [-0.15, -0.1) is 0 Å². The number of carbonyl (C=O) groups excluding carboxylic acids is 1. The molecule has 0 atom stereocenters. The Morgan fingerprint density at radius 2 is 1.96 bits per heavy atom. The predicted octanol–water partition coefficient (Wildman–Crippen LogP) is 3.97. The molecule has 0 spiro atoms. The Morgan fingerprint density at radius 1 is 1.12 bits per heavy atom. The van der Waals surface area contributed by atoms with Gasteiger partial charge in [0.15, 0.2) is 12.2 Å². The number of aromatic nitrogens is 1. The fourth-order valence-electron chi connectivity index (χ4n) is 3.18. The second-order valence-corrected chi connectivity index (χ2v) is 6.50. The average Bonchev–Trinajstić information content (AvgIpc) is 3.16. The number of amides is 2. The number of anilines is 2. The average molecular weight is 348 g/mol. The smallest absolute Gasteiger partial charge is 0.323 e. The highest BCUT2D eigenvalue weighted by Gasteiger charge is 2.14. The van der Waals surface area contributed by atoms with Crippen molar-refractivity contribution in [2.75, 3.05) is 24.2 Å². The van der Waals surface area contributed by atoms with Gasteiger partial charge in [-0.05, 0) is 48.9 Å². The van der Waals surface area contributed by atoms with Crippen LogP contribution in [-0.2, 0) is 13.0 Å². The van der Waals surface area contributed by atoms with E-state index in [4.69, 9.17) is 4.42 Å². The van der Waals surface area contributed by atoms with Gasteiger partial charge in [0.25, 0.3) is 0 Å². The van der Waals surface area contributed by atoms with E-state index < -0.39 is 0 Å². The first-order valence-corrected chi connectivity index (χ1v) is 8.55. The maximum atomic E-state index is 12.3. The molecule has 1 aliphatic heterocycles. The summed E-state index contributed by atoms with van der Waals surface area (Å²) in [6.07, 6.45) is 4.08. The summed E-state index contributed by atoms with van der Waals surface area (Å²) in [6, 6.07) is 13.3. The van der Waals surface area contributed by atoms with E-state index >= 15 is 0 Å². The molecule has 0 unspecified atom stereocenters. The number of likely N-dealkylation sites (N-methyl/N-ethyl adjacent to an activating group) is 1. The van der Waals surface area contributed by atoms with E-state index in [0.29, 0.717) is 11.4 Å². The number of hydrogen-bond acceptors (Lipinski definition) is 4. The third-order valence-electron chi connectivity index (χ3n) is 4.50. The van der Waals surface area contributed by atoms with Crippen molar-refractivity contribution in [1.29, 1.82) is 0 Å². The molecule has 132 valence electrons. The first-order chi connectivity index (χ1) is 12.7. The van der Waals surface area contributed by atoms with Crippen LogP contribution < -0.4 is 10.6 Å². The summed E-state index contributed by atoms with van der Waals surface area (Å²) in [6.45, 7) is 1.98. The lowest BCUT2D eigenvalue weighted by molar-refractivity contribution is 0.262. The monoisotopic (exact) mass is 348 g/mol. The summed E-state index contributed by atoms with van der Waals surface area (Å²) in [5.74, 6) is 0.660.